The van der Waals surface area contributed by atoms with Crippen molar-refractivity contribution in [2.75, 3.05) is 13.1 Å². The van der Waals surface area contributed by atoms with Gasteiger partial charge in [-0.25, -0.2) is 0 Å². The molecule has 0 heterocycles. The molecule has 1 saturated carbocycles. The highest BCUT2D eigenvalue weighted by molar-refractivity contribution is 4.82. The van der Waals surface area contributed by atoms with Crippen molar-refractivity contribution in [3.63, 3.8) is 0 Å². The highest BCUT2D eigenvalue weighted by Gasteiger charge is 2.28. The molecule has 0 radical (unpaired) electrons. The third-order valence-electron chi connectivity index (χ3n) is 3.14. The lowest BCUT2D eigenvalue weighted by molar-refractivity contribution is 0.181. The van der Waals surface area contributed by atoms with E-state index in [1.807, 2.05) is 0 Å². The Balaban J connectivity index is 2.35. The van der Waals surface area contributed by atoms with E-state index in [1.165, 1.54) is 25.7 Å². The highest BCUT2D eigenvalue weighted by Crippen LogP contribution is 2.37. The lowest BCUT2D eigenvalue weighted by Crippen LogP contribution is -2.33. The molecule has 2 nitrogen and oxygen atoms in total. The van der Waals surface area contributed by atoms with Gasteiger partial charge >= 0.3 is 0 Å². The van der Waals surface area contributed by atoms with Crippen LogP contribution in [-0.4, -0.2) is 13.1 Å². The van der Waals surface area contributed by atoms with Gasteiger partial charge < -0.3 is 11.5 Å². The topological polar surface area (TPSA) is 52.0 Å². The Hall–Kier alpha value is -0.0800. The van der Waals surface area contributed by atoms with Crippen molar-refractivity contribution in [1.29, 1.82) is 0 Å². The first-order valence-corrected chi connectivity index (χ1v) is 4.60. The van der Waals surface area contributed by atoms with Gasteiger partial charge in [0.25, 0.3) is 0 Å². The summed E-state index contributed by atoms with van der Waals surface area (Å²) < 4.78 is 0. The van der Waals surface area contributed by atoms with Gasteiger partial charge in [0.2, 0.25) is 0 Å². The average Bonchev–Trinajstić information content (AvgIpc) is 2.06. The second-order valence-corrected chi connectivity index (χ2v) is 4.19. The van der Waals surface area contributed by atoms with Crippen LogP contribution in [0.5, 0.6) is 0 Å². The van der Waals surface area contributed by atoms with E-state index < -0.39 is 0 Å². The molecule has 0 spiro atoms. The van der Waals surface area contributed by atoms with E-state index in [2.05, 4.69) is 6.92 Å². The number of hydrogen-bond donors (Lipinski definition) is 2. The monoisotopic (exact) mass is 156 g/mol. The SMILES string of the molecule is CC1(CN)CCC(CN)CC1. The summed E-state index contributed by atoms with van der Waals surface area (Å²) >= 11 is 0. The van der Waals surface area contributed by atoms with Crippen molar-refractivity contribution < 1.29 is 0 Å². The minimum absolute atomic E-state index is 0.422. The molecule has 66 valence electrons. The van der Waals surface area contributed by atoms with Crippen molar-refractivity contribution in [3.05, 3.63) is 0 Å². The molecular formula is C9H20N2. The van der Waals surface area contributed by atoms with Gasteiger partial charge in [-0.15, -0.1) is 0 Å². The quantitative estimate of drug-likeness (QED) is 0.629. The molecular weight excluding hydrogens is 136 g/mol. The van der Waals surface area contributed by atoms with Gasteiger partial charge in [0.1, 0.15) is 0 Å². The zero-order valence-electron chi connectivity index (χ0n) is 7.47. The summed E-state index contributed by atoms with van der Waals surface area (Å²) in [5.74, 6) is 0.773. The van der Waals surface area contributed by atoms with Crippen LogP contribution in [-0.2, 0) is 0 Å². The third kappa shape index (κ3) is 2.17. The van der Waals surface area contributed by atoms with E-state index in [9.17, 15) is 0 Å². The van der Waals surface area contributed by atoms with Crippen LogP contribution >= 0.6 is 0 Å². The second kappa shape index (κ2) is 3.55. The number of hydrogen-bond acceptors (Lipinski definition) is 2. The third-order valence-corrected chi connectivity index (χ3v) is 3.14. The highest BCUT2D eigenvalue weighted by atomic mass is 14.6. The van der Waals surface area contributed by atoms with Gasteiger partial charge in [-0.2, -0.15) is 0 Å². The standard InChI is InChI=1S/C9H20N2/c1-9(7-11)4-2-8(6-10)3-5-9/h8H,2-7,10-11H2,1H3. The number of nitrogens with two attached hydrogens (primary N) is 2. The Labute approximate surface area is 69.3 Å². The van der Waals surface area contributed by atoms with Crippen LogP contribution in [0.1, 0.15) is 32.6 Å². The van der Waals surface area contributed by atoms with E-state index in [0.29, 0.717) is 5.41 Å². The van der Waals surface area contributed by atoms with Gasteiger partial charge in [-0.05, 0) is 50.1 Å². The van der Waals surface area contributed by atoms with Crippen LogP contribution in [0.15, 0.2) is 0 Å². The number of rotatable bonds is 2. The van der Waals surface area contributed by atoms with Gasteiger partial charge in [0.15, 0.2) is 0 Å². The molecule has 4 N–H and O–H groups in total. The summed E-state index contributed by atoms with van der Waals surface area (Å²) in [6.45, 7) is 3.99. The average molecular weight is 156 g/mol. The maximum absolute atomic E-state index is 5.69. The summed E-state index contributed by atoms with van der Waals surface area (Å²) in [5.41, 5.74) is 11.7. The maximum atomic E-state index is 5.69. The summed E-state index contributed by atoms with van der Waals surface area (Å²) in [4.78, 5) is 0. The molecule has 1 rings (SSSR count). The van der Waals surface area contributed by atoms with E-state index in [0.717, 1.165) is 19.0 Å². The zero-order valence-corrected chi connectivity index (χ0v) is 7.47. The molecule has 0 aromatic carbocycles. The van der Waals surface area contributed by atoms with E-state index >= 15 is 0 Å². The molecule has 2 heteroatoms. The van der Waals surface area contributed by atoms with Crippen molar-refractivity contribution in [1.82, 2.24) is 0 Å². The van der Waals surface area contributed by atoms with Gasteiger partial charge in [0.05, 0.1) is 0 Å². The first kappa shape index (κ1) is 9.01. The Bertz CT molecular complexity index is 115. The van der Waals surface area contributed by atoms with Gasteiger partial charge in [-0.3, -0.25) is 0 Å². The van der Waals surface area contributed by atoms with E-state index in [-0.39, 0.29) is 0 Å². The predicted molar refractivity (Wildman–Crippen MR) is 48.2 cm³/mol. The van der Waals surface area contributed by atoms with Crippen LogP contribution in [0, 0.1) is 11.3 Å². The minimum Gasteiger partial charge on any atom is -0.330 e. The summed E-state index contributed by atoms with van der Waals surface area (Å²) in [6.07, 6.45) is 5.10. The molecule has 0 unspecified atom stereocenters. The predicted octanol–water partition coefficient (Wildman–Crippen LogP) is 1.10. The van der Waals surface area contributed by atoms with Crippen LogP contribution in [0.3, 0.4) is 0 Å². The van der Waals surface area contributed by atoms with Crippen LogP contribution < -0.4 is 11.5 Å². The lowest BCUT2D eigenvalue weighted by atomic mass is 9.72. The molecule has 0 aliphatic heterocycles. The second-order valence-electron chi connectivity index (χ2n) is 4.19. The smallest absolute Gasteiger partial charge is 0.00232 e. The molecule has 0 saturated heterocycles. The van der Waals surface area contributed by atoms with Crippen LogP contribution in [0.2, 0.25) is 0 Å². The van der Waals surface area contributed by atoms with Crippen molar-refractivity contribution in [2.24, 2.45) is 22.8 Å². The first-order chi connectivity index (χ1) is 5.20. The fraction of sp³-hybridized carbons (Fsp3) is 1.00. The normalized spacial score (nSPS) is 39.0. The fourth-order valence-corrected chi connectivity index (χ4v) is 1.81. The summed E-state index contributed by atoms with van der Waals surface area (Å²) in [7, 11) is 0. The Morgan fingerprint density at radius 2 is 1.82 bits per heavy atom. The lowest BCUT2D eigenvalue weighted by Gasteiger charge is -2.35. The Morgan fingerprint density at radius 1 is 1.27 bits per heavy atom. The Kier molecular flexibility index (Phi) is 2.90. The summed E-state index contributed by atoms with van der Waals surface area (Å²) in [5, 5.41) is 0. The molecule has 1 fully saturated rings. The zero-order chi connectivity index (χ0) is 8.32. The maximum Gasteiger partial charge on any atom is -0.00232 e. The van der Waals surface area contributed by atoms with Gasteiger partial charge in [0, 0.05) is 0 Å². The molecule has 11 heavy (non-hydrogen) atoms. The van der Waals surface area contributed by atoms with Crippen LogP contribution in [0.25, 0.3) is 0 Å². The molecule has 0 bridgehead atoms. The fourth-order valence-electron chi connectivity index (χ4n) is 1.81. The van der Waals surface area contributed by atoms with Crippen LogP contribution in [0.4, 0.5) is 0 Å². The van der Waals surface area contributed by atoms with Gasteiger partial charge in [-0.1, -0.05) is 6.92 Å². The van der Waals surface area contributed by atoms with Crippen molar-refractivity contribution in [3.8, 4) is 0 Å². The molecule has 1 aliphatic carbocycles. The largest absolute Gasteiger partial charge is 0.330 e. The molecule has 0 aromatic heterocycles. The van der Waals surface area contributed by atoms with E-state index in [1.54, 1.807) is 0 Å². The molecule has 0 amide bonds. The van der Waals surface area contributed by atoms with Crippen molar-refractivity contribution in [2.45, 2.75) is 32.6 Å². The molecule has 1 aliphatic rings. The summed E-state index contributed by atoms with van der Waals surface area (Å²) in [6, 6.07) is 0. The van der Waals surface area contributed by atoms with E-state index in [4.69, 9.17) is 11.5 Å². The minimum atomic E-state index is 0.422. The van der Waals surface area contributed by atoms with Crippen molar-refractivity contribution >= 4 is 0 Å². The molecule has 0 aromatic rings. The Morgan fingerprint density at radius 3 is 2.18 bits per heavy atom. The molecule has 0 atom stereocenters. The first-order valence-electron chi connectivity index (χ1n) is 4.60.